The van der Waals surface area contributed by atoms with E-state index in [1.165, 1.54) is 12.1 Å². The monoisotopic (exact) mass is 291 g/mol. The summed E-state index contributed by atoms with van der Waals surface area (Å²) in [5.41, 5.74) is 0.943. The number of aromatic nitrogens is 3. The summed E-state index contributed by atoms with van der Waals surface area (Å²) in [6.07, 6.45) is 2.45. The van der Waals surface area contributed by atoms with Crippen LogP contribution in [-0.2, 0) is 11.3 Å². The number of ether oxygens (including phenoxy) is 1. The van der Waals surface area contributed by atoms with E-state index in [-0.39, 0.29) is 5.82 Å². The van der Waals surface area contributed by atoms with Crippen molar-refractivity contribution in [3.8, 4) is 0 Å². The Kier molecular flexibility index (Phi) is 5.83. The molecule has 0 saturated heterocycles. The van der Waals surface area contributed by atoms with Crippen LogP contribution in [0.15, 0.2) is 30.5 Å². The minimum atomic E-state index is -0.251. The van der Waals surface area contributed by atoms with Crippen LogP contribution in [0.5, 0.6) is 0 Å². The average Bonchev–Trinajstić information content (AvgIpc) is 2.52. The lowest BCUT2D eigenvalue weighted by molar-refractivity contribution is 0.197. The Hall–Kier alpha value is -2.28. The molecule has 1 aromatic heterocycles. The number of hydrogen-bond donors (Lipinski definition) is 2. The number of methoxy groups -OCH3 is 1. The van der Waals surface area contributed by atoms with E-state index >= 15 is 0 Å². The molecule has 2 rings (SSSR count). The topological polar surface area (TPSA) is 72.0 Å². The summed E-state index contributed by atoms with van der Waals surface area (Å²) in [6, 6.07) is 6.26. The van der Waals surface area contributed by atoms with Gasteiger partial charge in [0.1, 0.15) is 5.82 Å². The first-order valence-corrected chi connectivity index (χ1v) is 6.69. The zero-order valence-corrected chi connectivity index (χ0v) is 11.8. The molecular formula is C14H18FN5O. The van der Waals surface area contributed by atoms with Crippen molar-refractivity contribution >= 4 is 11.8 Å². The first kappa shape index (κ1) is 15.1. The smallest absolute Gasteiger partial charge is 0.244 e. The number of nitrogens with zero attached hydrogens (tertiary/aromatic N) is 3. The van der Waals surface area contributed by atoms with Gasteiger partial charge in [-0.25, -0.2) is 4.39 Å². The molecule has 0 fully saturated rings. The molecule has 0 amide bonds. The zero-order chi connectivity index (χ0) is 14.9. The van der Waals surface area contributed by atoms with Crippen LogP contribution in [0.2, 0.25) is 0 Å². The van der Waals surface area contributed by atoms with Gasteiger partial charge in [-0.3, -0.25) is 0 Å². The van der Waals surface area contributed by atoms with Crippen LogP contribution in [0.3, 0.4) is 0 Å². The average molecular weight is 291 g/mol. The molecule has 112 valence electrons. The van der Waals surface area contributed by atoms with Crippen LogP contribution < -0.4 is 10.6 Å². The fraction of sp³-hybridized carbons (Fsp3) is 0.357. The number of anilines is 2. The van der Waals surface area contributed by atoms with Crippen molar-refractivity contribution in [3.05, 3.63) is 41.8 Å². The molecular weight excluding hydrogens is 273 g/mol. The second-order valence-electron chi connectivity index (χ2n) is 4.42. The van der Waals surface area contributed by atoms with E-state index in [4.69, 9.17) is 4.74 Å². The zero-order valence-electron chi connectivity index (χ0n) is 11.8. The molecule has 21 heavy (non-hydrogen) atoms. The maximum Gasteiger partial charge on any atom is 0.244 e. The van der Waals surface area contributed by atoms with Crippen LogP contribution in [-0.4, -0.2) is 35.4 Å². The van der Waals surface area contributed by atoms with Gasteiger partial charge in [0, 0.05) is 26.8 Å². The highest BCUT2D eigenvalue weighted by Gasteiger charge is 2.01. The fourth-order valence-electron chi connectivity index (χ4n) is 1.68. The van der Waals surface area contributed by atoms with Gasteiger partial charge in [-0.2, -0.15) is 10.1 Å². The van der Waals surface area contributed by atoms with Gasteiger partial charge in [0.05, 0.1) is 6.20 Å². The Morgan fingerprint density at radius 2 is 2.00 bits per heavy atom. The Morgan fingerprint density at radius 1 is 1.19 bits per heavy atom. The molecule has 7 heteroatoms. The van der Waals surface area contributed by atoms with Gasteiger partial charge in [-0.15, -0.1) is 5.10 Å². The third-order valence-corrected chi connectivity index (χ3v) is 2.75. The van der Waals surface area contributed by atoms with Crippen LogP contribution in [0, 0.1) is 5.82 Å². The Balaban J connectivity index is 1.84. The molecule has 0 aliphatic carbocycles. The van der Waals surface area contributed by atoms with Crippen molar-refractivity contribution in [2.45, 2.75) is 13.0 Å². The van der Waals surface area contributed by atoms with Crippen molar-refractivity contribution in [2.24, 2.45) is 0 Å². The van der Waals surface area contributed by atoms with Crippen LogP contribution >= 0.6 is 0 Å². The van der Waals surface area contributed by atoms with Gasteiger partial charge in [-0.1, -0.05) is 12.1 Å². The third kappa shape index (κ3) is 5.31. The van der Waals surface area contributed by atoms with Crippen molar-refractivity contribution in [1.29, 1.82) is 0 Å². The molecule has 0 saturated carbocycles. The highest BCUT2D eigenvalue weighted by atomic mass is 19.1. The number of rotatable bonds is 8. The van der Waals surface area contributed by atoms with Crippen molar-refractivity contribution in [3.63, 3.8) is 0 Å². The minimum Gasteiger partial charge on any atom is -0.385 e. The molecule has 0 aliphatic heterocycles. The maximum atomic E-state index is 12.8. The highest BCUT2D eigenvalue weighted by molar-refractivity contribution is 5.37. The molecule has 6 nitrogen and oxygen atoms in total. The number of halogens is 1. The number of hydrogen-bond acceptors (Lipinski definition) is 6. The minimum absolute atomic E-state index is 0.251. The van der Waals surface area contributed by atoms with Crippen molar-refractivity contribution < 1.29 is 9.13 Å². The summed E-state index contributed by atoms with van der Waals surface area (Å²) >= 11 is 0. The molecule has 0 spiro atoms. The molecule has 2 N–H and O–H groups in total. The quantitative estimate of drug-likeness (QED) is 0.725. The van der Waals surface area contributed by atoms with E-state index < -0.39 is 0 Å². The predicted molar refractivity (Wildman–Crippen MR) is 78.5 cm³/mol. The van der Waals surface area contributed by atoms with Gasteiger partial charge in [-0.05, 0) is 24.1 Å². The summed E-state index contributed by atoms with van der Waals surface area (Å²) in [6.45, 7) is 1.96. The lowest BCUT2D eigenvalue weighted by atomic mass is 10.2. The van der Waals surface area contributed by atoms with Crippen molar-refractivity contribution in [2.75, 3.05) is 30.9 Å². The summed E-state index contributed by atoms with van der Waals surface area (Å²) in [4.78, 5) is 4.29. The molecule has 0 bridgehead atoms. The second kappa shape index (κ2) is 8.11. The summed E-state index contributed by atoms with van der Waals surface area (Å²) in [5.74, 6) is 0.831. The molecule has 1 aromatic carbocycles. The lowest BCUT2D eigenvalue weighted by Crippen LogP contribution is -2.10. The summed E-state index contributed by atoms with van der Waals surface area (Å²) in [5, 5.41) is 14.0. The van der Waals surface area contributed by atoms with E-state index in [0.29, 0.717) is 24.9 Å². The maximum absolute atomic E-state index is 12.8. The van der Waals surface area contributed by atoms with E-state index in [2.05, 4.69) is 25.8 Å². The van der Waals surface area contributed by atoms with Crippen LogP contribution in [0.4, 0.5) is 16.2 Å². The fourth-order valence-corrected chi connectivity index (χ4v) is 1.68. The SMILES string of the molecule is COCCCNc1cnnc(NCc2ccc(F)cc2)n1. The molecule has 0 radical (unpaired) electrons. The molecule has 0 unspecified atom stereocenters. The number of nitrogens with one attached hydrogen (secondary N) is 2. The van der Waals surface area contributed by atoms with E-state index in [0.717, 1.165) is 18.5 Å². The van der Waals surface area contributed by atoms with Gasteiger partial charge < -0.3 is 15.4 Å². The summed E-state index contributed by atoms with van der Waals surface area (Å²) < 4.78 is 17.8. The highest BCUT2D eigenvalue weighted by Crippen LogP contribution is 2.07. The van der Waals surface area contributed by atoms with E-state index in [1.54, 1.807) is 25.4 Å². The lowest BCUT2D eigenvalue weighted by Gasteiger charge is -2.07. The van der Waals surface area contributed by atoms with Crippen LogP contribution in [0.1, 0.15) is 12.0 Å². The van der Waals surface area contributed by atoms with E-state index in [1.807, 2.05) is 0 Å². The predicted octanol–water partition coefficient (Wildman–Crippen LogP) is 2.07. The summed E-state index contributed by atoms with van der Waals surface area (Å²) in [7, 11) is 1.67. The van der Waals surface area contributed by atoms with Crippen molar-refractivity contribution in [1.82, 2.24) is 15.2 Å². The second-order valence-corrected chi connectivity index (χ2v) is 4.42. The largest absolute Gasteiger partial charge is 0.385 e. The van der Waals surface area contributed by atoms with Gasteiger partial charge >= 0.3 is 0 Å². The van der Waals surface area contributed by atoms with Gasteiger partial charge in [0.15, 0.2) is 5.82 Å². The Labute approximate surface area is 122 Å². The first-order chi connectivity index (χ1) is 10.3. The van der Waals surface area contributed by atoms with E-state index in [9.17, 15) is 4.39 Å². The molecule has 0 atom stereocenters. The number of benzene rings is 1. The molecule has 2 aromatic rings. The molecule has 0 aliphatic rings. The Bertz CT molecular complexity index is 549. The third-order valence-electron chi connectivity index (χ3n) is 2.75. The normalized spacial score (nSPS) is 10.4. The first-order valence-electron chi connectivity index (χ1n) is 6.69. The molecule has 1 heterocycles. The standard InChI is InChI=1S/C14H18FN5O/c1-21-8-2-7-16-13-10-18-20-14(19-13)17-9-11-3-5-12(15)6-4-11/h3-6,10H,2,7-9H2,1H3,(H2,16,17,19,20). The Morgan fingerprint density at radius 3 is 2.76 bits per heavy atom. The van der Waals surface area contributed by atoms with Crippen LogP contribution in [0.25, 0.3) is 0 Å². The van der Waals surface area contributed by atoms with Gasteiger partial charge in [0.2, 0.25) is 5.95 Å². The van der Waals surface area contributed by atoms with Gasteiger partial charge in [0.25, 0.3) is 0 Å².